The summed E-state index contributed by atoms with van der Waals surface area (Å²) in [7, 11) is 1.51. The van der Waals surface area contributed by atoms with Crippen LogP contribution < -0.4 is 10.1 Å². The van der Waals surface area contributed by atoms with E-state index in [-0.39, 0.29) is 17.1 Å². The molecule has 0 radical (unpaired) electrons. The highest BCUT2D eigenvalue weighted by Gasteiger charge is 2.33. The van der Waals surface area contributed by atoms with Crippen molar-refractivity contribution in [1.29, 1.82) is 0 Å². The molecule has 1 aromatic carbocycles. The van der Waals surface area contributed by atoms with E-state index in [9.17, 15) is 9.59 Å². The summed E-state index contributed by atoms with van der Waals surface area (Å²) in [5, 5.41) is 4.02. The van der Waals surface area contributed by atoms with Gasteiger partial charge in [0.25, 0.3) is 5.91 Å². The smallest absolute Gasteiger partial charge is 0.260 e. The first-order chi connectivity index (χ1) is 13.1. The minimum absolute atomic E-state index is 0.0138. The molecule has 0 bridgehead atoms. The number of ether oxygens (including phenoxy) is 1. The molecule has 6 heteroatoms. The zero-order chi connectivity index (χ0) is 20.6. The highest BCUT2D eigenvalue weighted by molar-refractivity contribution is 7.17. The van der Waals surface area contributed by atoms with Gasteiger partial charge in [0.1, 0.15) is 10.8 Å². The molecule has 4 nitrogen and oxygen atoms in total. The number of hydrogen-bond donors (Lipinski definition) is 1. The van der Waals surface area contributed by atoms with Gasteiger partial charge in [0.2, 0.25) is 0 Å². The molecule has 0 aliphatic heterocycles. The number of methoxy groups -OCH3 is 1. The number of halogens is 1. The number of fused-ring (bicyclic) bond motifs is 1. The summed E-state index contributed by atoms with van der Waals surface area (Å²) >= 11 is 7.58. The van der Waals surface area contributed by atoms with Crippen LogP contribution in [-0.4, -0.2) is 18.8 Å². The van der Waals surface area contributed by atoms with Crippen molar-refractivity contribution < 1.29 is 14.3 Å². The van der Waals surface area contributed by atoms with Gasteiger partial charge in [0, 0.05) is 9.90 Å². The van der Waals surface area contributed by atoms with Crippen molar-refractivity contribution in [2.24, 2.45) is 11.3 Å². The van der Waals surface area contributed by atoms with E-state index in [1.54, 1.807) is 25.1 Å². The molecule has 1 N–H and O–H groups in total. The molecule has 1 aliphatic rings. The van der Waals surface area contributed by atoms with E-state index in [1.807, 2.05) is 0 Å². The summed E-state index contributed by atoms with van der Waals surface area (Å²) in [5.41, 5.74) is 2.33. The molecule has 1 aromatic heterocycles. The second kappa shape index (κ2) is 7.88. The first kappa shape index (κ1) is 20.9. The third-order valence-corrected chi connectivity index (χ3v) is 6.88. The van der Waals surface area contributed by atoms with Crippen molar-refractivity contribution >= 4 is 39.6 Å². The van der Waals surface area contributed by atoms with Crippen LogP contribution in [0.3, 0.4) is 0 Å². The summed E-state index contributed by atoms with van der Waals surface area (Å²) < 4.78 is 5.29. The number of benzene rings is 1. The Labute approximate surface area is 175 Å². The number of rotatable bonds is 4. The minimum atomic E-state index is -0.326. The Kier molecular flexibility index (Phi) is 5.87. The van der Waals surface area contributed by atoms with Gasteiger partial charge in [-0.3, -0.25) is 9.59 Å². The molecule has 0 saturated heterocycles. The Morgan fingerprint density at radius 1 is 1.29 bits per heavy atom. The van der Waals surface area contributed by atoms with E-state index in [1.165, 1.54) is 23.3 Å². The van der Waals surface area contributed by atoms with Crippen molar-refractivity contribution in [3.8, 4) is 5.75 Å². The predicted molar refractivity (Wildman–Crippen MR) is 115 cm³/mol. The highest BCUT2D eigenvalue weighted by atomic mass is 35.5. The largest absolute Gasteiger partial charge is 0.496 e. The number of ketones is 1. The molecule has 0 unspecified atom stereocenters. The number of carbonyl (C=O) groups excluding carboxylic acids is 2. The minimum Gasteiger partial charge on any atom is -0.496 e. The van der Waals surface area contributed by atoms with Crippen LogP contribution in [0.25, 0.3) is 0 Å². The predicted octanol–water partition coefficient (Wildman–Crippen LogP) is 6.02. The lowest BCUT2D eigenvalue weighted by Gasteiger charge is -2.33. The lowest BCUT2D eigenvalue weighted by Crippen LogP contribution is -2.26. The Balaban J connectivity index is 1.95. The number of nitrogens with one attached hydrogen (secondary N) is 1. The molecule has 1 heterocycles. The van der Waals surface area contributed by atoms with Gasteiger partial charge >= 0.3 is 0 Å². The van der Waals surface area contributed by atoms with Crippen molar-refractivity contribution in [1.82, 2.24) is 0 Å². The monoisotopic (exact) mass is 419 g/mol. The highest BCUT2D eigenvalue weighted by Crippen LogP contribution is 2.44. The Morgan fingerprint density at radius 3 is 2.61 bits per heavy atom. The number of amides is 1. The van der Waals surface area contributed by atoms with E-state index in [0.717, 1.165) is 24.8 Å². The number of Topliss-reactive ketones (excluding diaryl/α,β-unsaturated/α-hetero) is 1. The summed E-state index contributed by atoms with van der Waals surface area (Å²) in [4.78, 5) is 26.5. The van der Waals surface area contributed by atoms with Crippen LogP contribution in [-0.2, 0) is 12.8 Å². The molecular weight excluding hydrogens is 394 g/mol. The van der Waals surface area contributed by atoms with Crippen LogP contribution in [0, 0.1) is 11.3 Å². The lowest BCUT2D eigenvalue weighted by atomic mass is 9.72. The standard InChI is InChI=1S/C22H26ClNO3S/c1-12(25)19-15-8-6-13(22(2,3)4)10-18(15)28-21(19)24-20(26)16-11-14(23)7-9-17(16)27-5/h7,9,11,13H,6,8,10H2,1-5H3,(H,24,26)/t13-/m0/s1. The zero-order valence-corrected chi connectivity index (χ0v) is 18.5. The van der Waals surface area contributed by atoms with Crippen LogP contribution in [0.15, 0.2) is 18.2 Å². The number of hydrogen-bond acceptors (Lipinski definition) is 4. The third-order valence-electron chi connectivity index (χ3n) is 5.48. The van der Waals surface area contributed by atoms with Gasteiger partial charge in [-0.1, -0.05) is 32.4 Å². The fourth-order valence-electron chi connectivity index (χ4n) is 3.81. The summed E-state index contributed by atoms with van der Waals surface area (Å²) in [6.45, 7) is 8.34. The topological polar surface area (TPSA) is 55.4 Å². The van der Waals surface area contributed by atoms with Crippen LogP contribution in [0.5, 0.6) is 5.75 Å². The number of anilines is 1. The van der Waals surface area contributed by atoms with Gasteiger partial charge in [-0.05, 0) is 61.3 Å². The Morgan fingerprint density at radius 2 is 2.00 bits per heavy atom. The maximum absolute atomic E-state index is 12.9. The van der Waals surface area contributed by atoms with Crippen LogP contribution in [0.1, 0.15) is 65.3 Å². The average Bonchev–Trinajstić information content (AvgIpc) is 2.97. The average molecular weight is 420 g/mol. The molecule has 3 rings (SSSR count). The second-order valence-electron chi connectivity index (χ2n) is 8.37. The van der Waals surface area contributed by atoms with Gasteiger partial charge in [-0.2, -0.15) is 0 Å². The molecule has 1 amide bonds. The van der Waals surface area contributed by atoms with E-state index < -0.39 is 0 Å². The van der Waals surface area contributed by atoms with Gasteiger partial charge in [-0.15, -0.1) is 11.3 Å². The van der Waals surface area contributed by atoms with E-state index >= 15 is 0 Å². The SMILES string of the molecule is COc1ccc(Cl)cc1C(=O)Nc1sc2c(c1C(C)=O)CC[C@H](C(C)(C)C)C2. The van der Waals surface area contributed by atoms with Gasteiger partial charge in [-0.25, -0.2) is 0 Å². The Bertz CT molecular complexity index is 927. The van der Waals surface area contributed by atoms with E-state index in [0.29, 0.717) is 32.8 Å². The molecule has 150 valence electrons. The summed E-state index contributed by atoms with van der Waals surface area (Å²) in [6, 6.07) is 4.91. The Hall–Kier alpha value is -1.85. The van der Waals surface area contributed by atoms with Crippen LogP contribution >= 0.6 is 22.9 Å². The fraction of sp³-hybridized carbons (Fsp3) is 0.455. The molecule has 2 aromatic rings. The molecule has 1 aliphatic carbocycles. The molecule has 0 fully saturated rings. The zero-order valence-electron chi connectivity index (χ0n) is 16.9. The first-order valence-corrected chi connectivity index (χ1v) is 10.6. The van der Waals surface area contributed by atoms with Crippen LogP contribution in [0.2, 0.25) is 5.02 Å². The van der Waals surface area contributed by atoms with Crippen molar-refractivity contribution in [2.75, 3.05) is 12.4 Å². The second-order valence-corrected chi connectivity index (χ2v) is 9.91. The molecule has 28 heavy (non-hydrogen) atoms. The summed E-state index contributed by atoms with van der Waals surface area (Å²) in [6.07, 6.45) is 2.88. The maximum Gasteiger partial charge on any atom is 0.260 e. The molecular formula is C22H26ClNO3S. The van der Waals surface area contributed by atoms with Crippen molar-refractivity contribution in [2.45, 2.75) is 47.0 Å². The fourth-order valence-corrected chi connectivity index (χ4v) is 5.36. The van der Waals surface area contributed by atoms with Crippen molar-refractivity contribution in [3.05, 3.63) is 44.8 Å². The molecule has 1 atom stereocenters. The van der Waals surface area contributed by atoms with Crippen LogP contribution in [0.4, 0.5) is 5.00 Å². The van der Waals surface area contributed by atoms with E-state index in [4.69, 9.17) is 16.3 Å². The van der Waals surface area contributed by atoms with Gasteiger partial charge in [0.05, 0.1) is 18.2 Å². The lowest BCUT2D eigenvalue weighted by molar-refractivity contribution is 0.101. The quantitative estimate of drug-likeness (QED) is 0.617. The number of carbonyl (C=O) groups is 2. The third kappa shape index (κ3) is 4.11. The normalized spacial score (nSPS) is 16.4. The number of thiophene rings is 1. The molecule has 0 saturated carbocycles. The van der Waals surface area contributed by atoms with Gasteiger partial charge < -0.3 is 10.1 Å². The first-order valence-electron chi connectivity index (χ1n) is 9.42. The molecule has 0 spiro atoms. The maximum atomic E-state index is 12.9. The van der Waals surface area contributed by atoms with Crippen molar-refractivity contribution in [3.63, 3.8) is 0 Å². The summed E-state index contributed by atoms with van der Waals surface area (Å²) in [5.74, 6) is 0.670. The van der Waals surface area contributed by atoms with Gasteiger partial charge in [0.15, 0.2) is 5.78 Å². The van der Waals surface area contributed by atoms with E-state index in [2.05, 4.69) is 26.1 Å².